The van der Waals surface area contributed by atoms with Crippen molar-refractivity contribution in [2.24, 2.45) is 0 Å². The minimum Gasteiger partial charge on any atom is -0.443 e. The molecule has 0 aliphatic rings. The number of hydrogen-bond donors (Lipinski definition) is 3. The molecule has 0 aliphatic heterocycles. The van der Waals surface area contributed by atoms with Crippen LogP contribution in [0.3, 0.4) is 0 Å². The van der Waals surface area contributed by atoms with Gasteiger partial charge in [-0.15, -0.1) is 10.2 Å². The molecule has 4 heterocycles. The number of amides is 1. The summed E-state index contributed by atoms with van der Waals surface area (Å²) in [5, 5.41) is 14.2. The molecule has 4 N–H and O–H groups in total. The van der Waals surface area contributed by atoms with E-state index < -0.39 is 0 Å². The zero-order chi connectivity index (χ0) is 25.5. The number of benzene rings is 2. The summed E-state index contributed by atoms with van der Waals surface area (Å²) in [6.45, 7) is 4.04. The van der Waals surface area contributed by atoms with E-state index in [4.69, 9.17) is 14.6 Å². The number of imidazole rings is 1. The number of anilines is 4. The number of carbonyl (C=O) groups excluding carboxylic acids is 1. The molecule has 2 aromatic carbocycles. The maximum atomic E-state index is 11.2. The fourth-order valence-corrected chi connectivity index (χ4v) is 3.91. The third kappa shape index (κ3) is 3.97. The highest BCUT2D eigenvalue weighted by Crippen LogP contribution is 2.32. The van der Waals surface area contributed by atoms with Gasteiger partial charge >= 0.3 is 0 Å². The molecule has 184 valence electrons. The van der Waals surface area contributed by atoms with E-state index in [1.54, 1.807) is 30.6 Å². The molecule has 0 fully saturated rings. The monoisotopic (exact) mass is 496 g/mol. The number of nitrogens with zero attached hydrogens (tertiary/aromatic N) is 7. The molecule has 0 aliphatic carbocycles. The van der Waals surface area contributed by atoms with Gasteiger partial charge in [-0.3, -0.25) is 4.79 Å². The van der Waals surface area contributed by atoms with Crippen molar-refractivity contribution in [2.75, 3.05) is 16.4 Å². The number of rotatable bonds is 7. The summed E-state index contributed by atoms with van der Waals surface area (Å²) in [7, 11) is 0. The van der Waals surface area contributed by atoms with Crippen molar-refractivity contribution in [1.82, 2.24) is 34.7 Å². The molecule has 37 heavy (non-hydrogen) atoms. The zero-order valence-electron chi connectivity index (χ0n) is 19.7. The summed E-state index contributed by atoms with van der Waals surface area (Å²) >= 11 is 0. The van der Waals surface area contributed by atoms with Crippen LogP contribution in [0.2, 0.25) is 0 Å². The number of carbonyl (C=O) groups is 1. The summed E-state index contributed by atoms with van der Waals surface area (Å²) < 4.78 is 13.2. The Morgan fingerprint density at radius 1 is 1.00 bits per heavy atom. The Morgan fingerprint density at radius 2 is 1.78 bits per heavy atom. The van der Waals surface area contributed by atoms with E-state index >= 15 is 0 Å². The minimum absolute atomic E-state index is 0.124. The van der Waals surface area contributed by atoms with E-state index in [1.165, 1.54) is 6.39 Å². The second-order valence-corrected chi connectivity index (χ2v) is 8.45. The SMILES string of the molecule is CC(C)n1cnc2c(N)nc(Nc3cc(-c4nnc(-c5ccc6ncoc6c5)o4)ccc3NC=O)nc21. The van der Waals surface area contributed by atoms with Crippen LogP contribution in [0.15, 0.2) is 58.0 Å². The highest BCUT2D eigenvalue weighted by Gasteiger charge is 2.17. The minimum atomic E-state index is 0.124. The van der Waals surface area contributed by atoms with Crippen LogP contribution in [0.5, 0.6) is 0 Å². The maximum absolute atomic E-state index is 11.2. The van der Waals surface area contributed by atoms with Gasteiger partial charge in [0.2, 0.25) is 24.1 Å². The lowest BCUT2D eigenvalue weighted by atomic mass is 10.1. The van der Waals surface area contributed by atoms with Crippen molar-refractivity contribution in [3.05, 3.63) is 49.1 Å². The number of oxazole rings is 1. The fourth-order valence-electron chi connectivity index (χ4n) is 3.91. The Bertz CT molecular complexity index is 1770. The van der Waals surface area contributed by atoms with Gasteiger partial charge in [0.25, 0.3) is 0 Å². The summed E-state index contributed by atoms with van der Waals surface area (Å²) in [5.41, 5.74) is 10.9. The first-order chi connectivity index (χ1) is 18.0. The molecule has 1 amide bonds. The first-order valence-corrected chi connectivity index (χ1v) is 11.3. The Kier molecular flexibility index (Phi) is 5.22. The number of hydrogen-bond acceptors (Lipinski definition) is 11. The average molecular weight is 496 g/mol. The lowest BCUT2D eigenvalue weighted by Gasteiger charge is -2.13. The van der Waals surface area contributed by atoms with Crippen LogP contribution < -0.4 is 16.4 Å². The van der Waals surface area contributed by atoms with E-state index in [1.807, 2.05) is 30.5 Å². The molecule has 0 saturated carbocycles. The molecular formula is C24H20N10O3. The van der Waals surface area contributed by atoms with Crippen LogP contribution >= 0.6 is 0 Å². The second-order valence-electron chi connectivity index (χ2n) is 8.45. The highest BCUT2D eigenvalue weighted by molar-refractivity contribution is 5.87. The molecule has 6 rings (SSSR count). The van der Waals surface area contributed by atoms with Gasteiger partial charge in [-0.25, -0.2) is 9.97 Å². The fraction of sp³-hybridized carbons (Fsp3) is 0.125. The standard InChI is InChI=1S/C24H20N10O3/c1-12(2)34-9-26-19-20(25)30-24(31-21(19)34)29-17-7-13(3-5-15(17)27-10-35)22-32-33-23(37-22)14-4-6-16-18(8-14)36-11-28-16/h3-12H,1-2H3,(H,27,35)(H3,25,29,30,31). The van der Waals surface area contributed by atoms with Crippen molar-refractivity contribution in [2.45, 2.75) is 19.9 Å². The summed E-state index contributed by atoms with van der Waals surface area (Å²) in [5.74, 6) is 1.08. The quantitative estimate of drug-likeness (QED) is 0.270. The Hall–Kier alpha value is -5.33. The predicted octanol–water partition coefficient (Wildman–Crippen LogP) is 4.16. The molecule has 4 aromatic heterocycles. The van der Waals surface area contributed by atoms with Gasteiger partial charge in [-0.05, 0) is 50.2 Å². The van der Waals surface area contributed by atoms with Crippen LogP contribution in [-0.4, -0.2) is 41.1 Å². The molecule has 0 bridgehead atoms. The van der Waals surface area contributed by atoms with Gasteiger partial charge in [0.15, 0.2) is 23.4 Å². The smallest absolute Gasteiger partial charge is 0.248 e. The molecule has 0 spiro atoms. The van der Waals surface area contributed by atoms with E-state index in [9.17, 15) is 4.79 Å². The van der Waals surface area contributed by atoms with E-state index in [-0.39, 0.29) is 23.7 Å². The molecular weight excluding hydrogens is 476 g/mol. The number of aromatic nitrogens is 7. The molecule has 0 atom stereocenters. The zero-order valence-corrected chi connectivity index (χ0v) is 19.7. The Morgan fingerprint density at radius 3 is 2.57 bits per heavy atom. The van der Waals surface area contributed by atoms with Crippen molar-refractivity contribution >= 4 is 51.8 Å². The molecule has 0 unspecified atom stereocenters. The van der Waals surface area contributed by atoms with Crippen LogP contribution in [0.25, 0.3) is 45.2 Å². The molecule has 13 nitrogen and oxygen atoms in total. The normalized spacial score (nSPS) is 11.4. The van der Waals surface area contributed by atoms with Gasteiger partial charge in [-0.2, -0.15) is 9.97 Å². The van der Waals surface area contributed by atoms with Crippen LogP contribution in [0.4, 0.5) is 23.1 Å². The van der Waals surface area contributed by atoms with Crippen molar-refractivity contribution < 1.29 is 13.6 Å². The molecule has 0 radical (unpaired) electrons. The van der Waals surface area contributed by atoms with Gasteiger partial charge < -0.3 is 29.8 Å². The van der Waals surface area contributed by atoms with Gasteiger partial charge in [0.05, 0.1) is 17.7 Å². The van der Waals surface area contributed by atoms with Crippen LogP contribution in [-0.2, 0) is 4.79 Å². The Balaban J connectivity index is 1.36. The van der Waals surface area contributed by atoms with Crippen LogP contribution in [0, 0.1) is 0 Å². The molecule has 6 aromatic rings. The number of nitrogens with one attached hydrogen (secondary N) is 2. The third-order valence-corrected chi connectivity index (χ3v) is 5.74. The second kappa shape index (κ2) is 8.71. The van der Waals surface area contributed by atoms with E-state index in [2.05, 4.69) is 40.8 Å². The maximum Gasteiger partial charge on any atom is 0.248 e. The van der Waals surface area contributed by atoms with Crippen molar-refractivity contribution in [3.63, 3.8) is 0 Å². The van der Waals surface area contributed by atoms with Gasteiger partial charge in [-0.1, -0.05) is 0 Å². The van der Waals surface area contributed by atoms with Gasteiger partial charge in [0.1, 0.15) is 11.0 Å². The van der Waals surface area contributed by atoms with Crippen molar-refractivity contribution in [1.29, 1.82) is 0 Å². The largest absolute Gasteiger partial charge is 0.443 e. The summed E-state index contributed by atoms with van der Waals surface area (Å²) in [4.78, 5) is 28.6. The van der Waals surface area contributed by atoms with E-state index in [0.29, 0.717) is 51.5 Å². The summed E-state index contributed by atoms with van der Waals surface area (Å²) in [6, 6.07) is 10.7. The van der Waals surface area contributed by atoms with Crippen LogP contribution in [0.1, 0.15) is 19.9 Å². The first kappa shape index (κ1) is 22.2. The summed E-state index contributed by atoms with van der Waals surface area (Å²) in [6.07, 6.45) is 3.64. The lowest BCUT2D eigenvalue weighted by Crippen LogP contribution is -2.07. The Labute approximate surface area is 208 Å². The average Bonchev–Trinajstić information content (AvgIpc) is 3.64. The van der Waals surface area contributed by atoms with Gasteiger partial charge in [0, 0.05) is 17.2 Å². The number of fused-ring (bicyclic) bond motifs is 2. The van der Waals surface area contributed by atoms with Crippen molar-refractivity contribution in [3.8, 4) is 22.9 Å². The van der Waals surface area contributed by atoms with E-state index in [0.717, 1.165) is 5.52 Å². The highest BCUT2D eigenvalue weighted by atomic mass is 16.4. The number of nitrogens with two attached hydrogens (primary N) is 1. The third-order valence-electron chi connectivity index (χ3n) is 5.74. The topological polar surface area (TPSA) is 176 Å². The lowest BCUT2D eigenvalue weighted by molar-refractivity contribution is -0.105. The molecule has 0 saturated heterocycles. The number of nitrogen functional groups attached to an aromatic ring is 1. The molecule has 13 heteroatoms. The first-order valence-electron chi connectivity index (χ1n) is 11.3. The predicted molar refractivity (Wildman–Crippen MR) is 136 cm³/mol.